The molecule has 3 N–H and O–H groups in total. The molecule has 0 aromatic rings. The number of aliphatic imine (C=N–C) groups is 1. The highest BCUT2D eigenvalue weighted by molar-refractivity contribution is 5.78. The highest BCUT2D eigenvalue weighted by atomic mass is 16.5. The van der Waals surface area contributed by atoms with Crippen molar-refractivity contribution in [1.82, 2.24) is 5.32 Å². The van der Waals surface area contributed by atoms with E-state index in [2.05, 4.69) is 10.3 Å². The first-order chi connectivity index (χ1) is 9.24. The maximum atomic E-state index is 6.03. The summed E-state index contributed by atoms with van der Waals surface area (Å²) in [6.45, 7) is 1.70. The van der Waals surface area contributed by atoms with E-state index in [1.165, 1.54) is 51.4 Å². The third-order valence-corrected chi connectivity index (χ3v) is 4.79. The van der Waals surface area contributed by atoms with Crippen LogP contribution >= 0.6 is 0 Å². The van der Waals surface area contributed by atoms with E-state index in [-0.39, 0.29) is 0 Å². The molecular formula is C15H29N3O. The van der Waals surface area contributed by atoms with Gasteiger partial charge in [-0.1, -0.05) is 25.7 Å². The van der Waals surface area contributed by atoms with E-state index in [0.717, 1.165) is 19.6 Å². The molecule has 0 spiro atoms. The van der Waals surface area contributed by atoms with Crippen LogP contribution in [0.1, 0.15) is 57.8 Å². The quantitative estimate of drug-likeness (QED) is 0.574. The Balaban J connectivity index is 1.76. The molecule has 0 saturated heterocycles. The molecule has 19 heavy (non-hydrogen) atoms. The Bertz CT molecular complexity index is 294. The van der Waals surface area contributed by atoms with Crippen LogP contribution in [-0.2, 0) is 4.74 Å². The molecule has 0 aromatic heterocycles. The SMILES string of the molecule is COCCC1(CN=C(N)NC2CCCCC2)CCC1. The summed E-state index contributed by atoms with van der Waals surface area (Å²) in [6, 6.07) is 0.550. The monoisotopic (exact) mass is 267 g/mol. The molecule has 2 aliphatic rings. The van der Waals surface area contributed by atoms with Crippen LogP contribution in [0.5, 0.6) is 0 Å². The van der Waals surface area contributed by atoms with Gasteiger partial charge in [0, 0.05) is 26.3 Å². The largest absolute Gasteiger partial charge is 0.385 e. The van der Waals surface area contributed by atoms with Crippen LogP contribution in [0.25, 0.3) is 0 Å². The van der Waals surface area contributed by atoms with Gasteiger partial charge in [-0.25, -0.2) is 0 Å². The van der Waals surface area contributed by atoms with Crippen molar-refractivity contribution in [3.8, 4) is 0 Å². The van der Waals surface area contributed by atoms with Gasteiger partial charge in [0.2, 0.25) is 0 Å². The van der Waals surface area contributed by atoms with Crippen LogP contribution in [0.4, 0.5) is 0 Å². The van der Waals surface area contributed by atoms with Crippen molar-refractivity contribution in [3.05, 3.63) is 0 Å². The summed E-state index contributed by atoms with van der Waals surface area (Å²) in [6.07, 6.45) is 11.5. The van der Waals surface area contributed by atoms with Crippen LogP contribution < -0.4 is 11.1 Å². The second kappa shape index (κ2) is 7.13. The standard InChI is InChI=1S/C15H29N3O/c1-19-11-10-15(8-5-9-15)12-17-14(16)18-13-6-3-2-4-7-13/h13H,2-12H2,1H3,(H3,16,17,18). The molecule has 0 aromatic carbocycles. The van der Waals surface area contributed by atoms with Gasteiger partial charge in [0.25, 0.3) is 0 Å². The van der Waals surface area contributed by atoms with Crippen LogP contribution in [0.15, 0.2) is 4.99 Å². The zero-order valence-corrected chi connectivity index (χ0v) is 12.3. The lowest BCUT2D eigenvalue weighted by Gasteiger charge is -2.40. The zero-order valence-electron chi connectivity index (χ0n) is 12.3. The first-order valence-corrected chi connectivity index (χ1v) is 7.79. The van der Waals surface area contributed by atoms with Gasteiger partial charge in [-0.3, -0.25) is 4.99 Å². The Morgan fingerprint density at radius 2 is 2.00 bits per heavy atom. The molecule has 2 aliphatic carbocycles. The number of nitrogens with two attached hydrogens (primary N) is 1. The molecule has 4 heteroatoms. The molecule has 2 fully saturated rings. The number of hydrogen-bond donors (Lipinski definition) is 2. The summed E-state index contributed by atoms with van der Waals surface area (Å²) in [5.41, 5.74) is 6.40. The van der Waals surface area contributed by atoms with E-state index in [9.17, 15) is 0 Å². The second-order valence-electron chi connectivity index (χ2n) is 6.28. The third-order valence-electron chi connectivity index (χ3n) is 4.79. The molecule has 2 saturated carbocycles. The third kappa shape index (κ3) is 4.37. The molecule has 0 radical (unpaired) electrons. The van der Waals surface area contributed by atoms with E-state index in [1.54, 1.807) is 7.11 Å². The van der Waals surface area contributed by atoms with Crippen LogP contribution in [0, 0.1) is 5.41 Å². The molecule has 0 heterocycles. The number of rotatable bonds is 6. The van der Waals surface area contributed by atoms with Crippen molar-refractivity contribution in [2.24, 2.45) is 16.1 Å². The van der Waals surface area contributed by atoms with Gasteiger partial charge in [-0.15, -0.1) is 0 Å². The van der Waals surface area contributed by atoms with E-state index < -0.39 is 0 Å². The Morgan fingerprint density at radius 3 is 2.58 bits per heavy atom. The first kappa shape index (κ1) is 14.6. The second-order valence-corrected chi connectivity index (χ2v) is 6.28. The van der Waals surface area contributed by atoms with Gasteiger partial charge < -0.3 is 15.8 Å². The Morgan fingerprint density at radius 1 is 1.26 bits per heavy atom. The van der Waals surface area contributed by atoms with Crippen molar-refractivity contribution < 1.29 is 4.74 Å². The molecule has 110 valence electrons. The molecule has 4 nitrogen and oxygen atoms in total. The van der Waals surface area contributed by atoms with Gasteiger partial charge in [-0.2, -0.15) is 0 Å². The molecule has 2 rings (SSSR count). The summed E-state index contributed by atoms with van der Waals surface area (Å²) < 4.78 is 5.21. The summed E-state index contributed by atoms with van der Waals surface area (Å²) in [7, 11) is 1.77. The number of ether oxygens (including phenoxy) is 1. The van der Waals surface area contributed by atoms with E-state index in [4.69, 9.17) is 10.5 Å². The predicted molar refractivity (Wildman–Crippen MR) is 79.3 cm³/mol. The minimum atomic E-state index is 0.370. The van der Waals surface area contributed by atoms with Gasteiger partial charge in [0.05, 0.1) is 0 Å². The van der Waals surface area contributed by atoms with Crippen LogP contribution in [-0.4, -0.2) is 32.3 Å². The Hall–Kier alpha value is -0.770. The molecule has 0 aliphatic heterocycles. The lowest BCUT2D eigenvalue weighted by atomic mass is 9.67. The average molecular weight is 267 g/mol. The van der Waals surface area contributed by atoms with E-state index in [1.807, 2.05) is 0 Å². The Labute approximate surface area is 117 Å². The fourth-order valence-corrected chi connectivity index (χ4v) is 3.24. The predicted octanol–water partition coefficient (Wildman–Crippen LogP) is 2.43. The molecule has 0 bridgehead atoms. The van der Waals surface area contributed by atoms with Crippen LogP contribution in [0.3, 0.4) is 0 Å². The number of guanidine groups is 1. The lowest BCUT2D eigenvalue weighted by molar-refractivity contribution is 0.0779. The smallest absolute Gasteiger partial charge is 0.188 e. The van der Waals surface area contributed by atoms with E-state index in [0.29, 0.717) is 17.4 Å². The fourth-order valence-electron chi connectivity index (χ4n) is 3.24. The maximum absolute atomic E-state index is 6.03. The lowest BCUT2D eigenvalue weighted by Crippen LogP contribution is -2.42. The number of nitrogens with one attached hydrogen (secondary N) is 1. The van der Waals surface area contributed by atoms with Gasteiger partial charge in [0.1, 0.15) is 0 Å². The maximum Gasteiger partial charge on any atom is 0.188 e. The minimum Gasteiger partial charge on any atom is -0.385 e. The van der Waals surface area contributed by atoms with Crippen molar-refractivity contribution in [3.63, 3.8) is 0 Å². The minimum absolute atomic E-state index is 0.370. The molecule has 0 amide bonds. The normalized spacial score (nSPS) is 23.9. The molecular weight excluding hydrogens is 238 g/mol. The van der Waals surface area contributed by atoms with Gasteiger partial charge >= 0.3 is 0 Å². The number of methoxy groups -OCH3 is 1. The van der Waals surface area contributed by atoms with Gasteiger partial charge in [-0.05, 0) is 37.5 Å². The highest BCUT2D eigenvalue weighted by Crippen LogP contribution is 2.44. The molecule has 0 atom stereocenters. The fraction of sp³-hybridized carbons (Fsp3) is 0.933. The van der Waals surface area contributed by atoms with Crippen molar-refractivity contribution >= 4 is 5.96 Å². The zero-order chi connectivity index (χ0) is 13.6. The van der Waals surface area contributed by atoms with E-state index >= 15 is 0 Å². The topological polar surface area (TPSA) is 59.6 Å². The number of nitrogens with zero attached hydrogens (tertiary/aromatic N) is 1. The first-order valence-electron chi connectivity index (χ1n) is 7.79. The summed E-state index contributed by atoms with van der Waals surface area (Å²) >= 11 is 0. The Kier molecular flexibility index (Phi) is 5.49. The average Bonchev–Trinajstić information content (AvgIpc) is 2.38. The van der Waals surface area contributed by atoms with Crippen molar-refractivity contribution in [2.45, 2.75) is 63.8 Å². The van der Waals surface area contributed by atoms with Crippen molar-refractivity contribution in [1.29, 1.82) is 0 Å². The van der Waals surface area contributed by atoms with Gasteiger partial charge in [0.15, 0.2) is 5.96 Å². The number of hydrogen-bond acceptors (Lipinski definition) is 2. The molecule has 0 unspecified atom stereocenters. The summed E-state index contributed by atoms with van der Waals surface area (Å²) in [4.78, 5) is 4.59. The highest BCUT2D eigenvalue weighted by Gasteiger charge is 2.36. The summed E-state index contributed by atoms with van der Waals surface area (Å²) in [5.74, 6) is 0.649. The summed E-state index contributed by atoms with van der Waals surface area (Å²) in [5, 5.41) is 3.39. The van der Waals surface area contributed by atoms with Crippen LogP contribution in [0.2, 0.25) is 0 Å². The van der Waals surface area contributed by atoms with Crippen molar-refractivity contribution in [2.75, 3.05) is 20.3 Å².